The Labute approximate surface area is 129 Å². The van der Waals surface area contributed by atoms with Crippen molar-refractivity contribution in [2.45, 2.75) is 49.0 Å². The Morgan fingerprint density at radius 3 is 2.33 bits per heavy atom. The Morgan fingerprint density at radius 1 is 1.10 bits per heavy atom. The van der Waals surface area contributed by atoms with Crippen molar-refractivity contribution in [1.82, 2.24) is 9.97 Å². The van der Waals surface area contributed by atoms with Gasteiger partial charge in [-0.25, -0.2) is 9.97 Å². The molecule has 4 rings (SSSR count). The second kappa shape index (κ2) is 5.59. The zero-order valence-corrected chi connectivity index (χ0v) is 13.0. The highest BCUT2D eigenvalue weighted by molar-refractivity contribution is 8.00. The van der Waals surface area contributed by atoms with Crippen molar-refractivity contribution in [1.29, 1.82) is 0 Å². The lowest BCUT2D eigenvalue weighted by Crippen LogP contribution is -2.25. The summed E-state index contributed by atoms with van der Waals surface area (Å²) < 4.78 is 0. The molecule has 0 amide bonds. The standard InChI is InChI=1S/C16H21N3OS/c20-15(11-7-13-3-4-14(8-11)21-13)12-9-17-16(18-10-12)19-5-1-2-6-19/h9-11,13-14H,1-8H2. The predicted octanol–water partition coefficient (Wildman–Crippen LogP) is 2.93. The normalized spacial score (nSPS) is 31.6. The molecule has 0 radical (unpaired) electrons. The fourth-order valence-electron chi connectivity index (χ4n) is 3.84. The van der Waals surface area contributed by atoms with Crippen LogP contribution >= 0.6 is 11.8 Å². The van der Waals surface area contributed by atoms with Gasteiger partial charge in [0.25, 0.3) is 0 Å². The molecule has 2 bridgehead atoms. The first-order valence-corrected chi connectivity index (χ1v) is 9.00. The third-order valence-electron chi connectivity index (χ3n) is 4.97. The number of carbonyl (C=O) groups excluding carboxylic acids is 1. The number of nitrogens with zero attached hydrogens (tertiary/aromatic N) is 3. The molecule has 112 valence electrons. The molecule has 0 N–H and O–H groups in total. The first-order chi connectivity index (χ1) is 10.3. The minimum atomic E-state index is 0.199. The van der Waals surface area contributed by atoms with Crippen LogP contribution in [0.5, 0.6) is 0 Å². The molecule has 0 aromatic carbocycles. The minimum Gasteiger partial charge on any atom is -0.341 e. The number of ketones is 1. The number of Topliss-reactive ketones (excluding diaryl/α,β-unsaturated/α-hetero) is 1. The molecule has 1 aromatic heterocycles. The quantitative estimate of drug-likeness (QED) is 0.803. The van der Waals surface area contributed by atoms with Crippen molar-refractivity contribution in [3.63, 3.8) is 0 Å². The van der Waals surface area contributed by atoms with Gasteiger partial charge in [-0.15, -0.1) is 0 Å². The molecule has 3 fully saturated rings. The number of hydrogen-bond acceptors (Lipinski definition) is 5. The first-order valence-electron chi connectivity index (χ1n) is 8.06. The zero-order chi connectivity index (χ0) is 14.2. The Bertz CT molecular complexity index is 515. The summed E-state index contributed by atoms with van der Waals surface area (Å²) in [7, 11) is 0. The smallest absolute Gasteiger partial charge is 0.225 e. The van der Waals surface area contributed by atoms with Crippen LogP contribution in [0.25, 0.3) is 0 Å². The van der Waals surface area contributed by atoms with E-state index in [4.69, 9.17) is 0 Å². The highest BCUT2D eigenvalue weighted by Crippen LogP contribution is 2.46. The molecule has 21 heavy (non-hydrogen) atoms. The SMILES string of the molecule is O=C(c1cnc(N2CCCC2)nc1)C1CC2CCC(C1)S2. The van der Waals surface area contributed by atoms with Crippen LogP contribution in [0.15, 0.2) is 12.4 Å². The molecular weight excluding hydrogens is 282 g/mol. The second-order valence-electron chi connectivity index (χ2n) is 6.46. The summed E-state index contributed by atoms with van der Waals surface area (Å²) in [5.74, 6) is 1.24. The largest absolute Gasteiger partial charge is 0.341 e. The Morgan fingerprint density at radius 2 is 1.71 bits per heavy atom. The number of anilines is 1. The topological polar surface area (TPSA) is 46.1 Å². The van der Waals surface area contributed by atoms with Crippen LogP contribution < -0.4 is 4.90 Å². The summed E-state index contributed by atoms with van der Waals surface area (Å²) in [5.41, 5.74) is 0.703. The average Bonchev–Trinajstić information content (AvgIpc) is 3.17. The summed E-state index contributed by atoms with van der Waals surface area (Å²) >= 11 is 2.10. The molecule has 2 unspecified atom stereocenters. The summed E-state index contributed by atoms with van der Waals surface area (Å²) in [6.07, 6.45) is 10.6. The molecule has 0 aliphatic carbocycles. The lowest BCUT2D eigenvalue weighted by molar-refractivity contribution is 0.0906. The molecule has 3 aliphatic rings. The third-order valence-corrected chi connectivity index (χ3v) is 6.60. The number of carbonyl (C=O) groups is 1. The third kappa shape index (κ3) is 2.68. The summed E-state index contributed by atoms with van der Waals surface area (Å²) in [6.45, 7) is 2.08. The number of hydrogen-bond donors (Lipinski definition) is 0. The van der Waals surface area contributed by atoms with Gasteiger partial charge in [-0.1, -0.05) is 0 Å². The fourth-order valence-corrected chi connectivity index (χ4v) is 5.61. The average molecular weight is 303 g/mol. The van der Waals surface area contributed by atoms with Crippen molar-refractivity contribution in [3.8, 4) is 0 Å². The van der Waals surface area contributed by atoms with Gasteiger partial charge in [-0.05, 0) is 38.5 Å². The van der Waals surface area contributed by atoms with E-state index in [0.717, 1.165) is 31.9 Å². The first kappa shape index (κ1) is 13.6. The molecule has 2 atom stereocenters. The van der Waals surface area contributed by atoms with Crippen LogP contribution in [-0.4, -0.2) is 39.3 Å². The maximum absolute atomic E-state index is 12.6. The van der Waals surface area contributed by atoms with Gasteiger partial charge in [0, 0.05) is 41.9 Å². The van der Waals surface area contributed by atoms with E-state index in [1.165, 1.54) is 25.7 Å². The molecule has 5 heteroatoms. The summed E-state index contributed by atoms with van der Waals surface area (Å²) in [6, 6.07) is 0. The minimum absolute atomic E-state index is 0.199. The molecule has 0 spiro atoms. The Balaban J connectivity index is 1.46. The summed E-state index contributed by atoms with van der Waals surface area (Å²) in [5, 5.41) is 1.42. The van der Waals surface area contributed by atoms with Gasteiger partial charge in [0.1, 0.15) is 0 Å². The maximum Gasteiger partial charge on any atom is 0.225 e. The van der Waals surface area contributed by atoms with Gasteiger partial charge >= 0.3 is 0 Å². The van der Waals surface area contributed by atoms with Gasteiger partial charge in [0.05, 0.1) is 5.56 Å². The number of rotatable bonds is 3. The van der Waals surface area contributed by atoms with E-state index in [1.54, 1.807) is 12.4 Å². The van der Waals surface area contributed by atoms with E-state index in [2.05, 4.69) is 26.6 Å². The van der Waals surface area contributed by atoms with Crippen LogP contribution in [0.1, 0.15) is 48.9 Å². The van der Waals surface area contributed by atoms with Crippen molar-refractivity contribution in [2.24, 2.45) is 5.92 Å². The highest BCUT2D eigenvalue weighted by Gasteiger charge is 2.38. The van der Waals surface area contributed by atoms with Crippen LogP contribution in [0.3, 0.4) is 0 Å². The van der Waals surface area contributed by atoms with E-state index >= 15 is 0 Å². The van der Waals surface area contributed by atoms with Crippen LogP contribution in [0.2, 0.25) is 0 Å². The molecule has 1 aromatic rings. The fraction of sp³-hybridized carbons (Fsp3) is 0.688. The molecule has 3 saturated heterocycles. The van der Waals surface area contributed by atoms with Crippen molar-refractivity contribution >= 4 is 23.5 Å². The lowest BCUT2D eigenvalue weighted by Gasteiger charge is -2.26. The van der Waals surface area contributed by atoms with Crippen molar-refractivity contribution in [3.05, 3.63) is 18.0 Å². The Hall–Kier alpha value is -1.10. The number of thioether (sulfide) groups is 1. The zero-order valence-electron chi connectivity index (χ0n) is 12.2. The highest BCUT2D eigenvalue weighted by atomic mass is 32.2. The number of aromatic nitrogens is 2. The number of fused-ring (bicyclic) bond motifs is 2. The van der Waals surface area contributed by atoms with E-state index < -0.39 is 0 Å². The van der Waals surface area contributed by atoms with Crippen molar-refractivity contribution in [2.75, 3.05) is 18.0 Å². The predicted molar refractivity (Wildman–Crippen MR) is 84.9 cm³/mol. The van der Waals surface area contributed by atoms with Gasteiger partial charge in [-0.3, -0.25) is 4.79 Å². The monoisotopic (exact) mass is 303 g/mol. The van der Waals surface area contributed by atoms with Crippen LogP contribution in [0.4, 0.5) is 5.95 Å². The summed E-state index contributed by atoms with van der Waals surface area (Å²) in [4.78, 5) is 23.7. The van der Waals surface area contributed by atoms with E-state index in [9.17, 15) is 4.79 Å². The maximum atomic E-state index is 12.6. The lowest BCUT2D eigenvalue weighted by atomic mass is 9.91. The van der Waals surface area contributed by atoms with E-state index in [0.29, 0.717) is 16.1 Å². The van der Waals surface area contributed by atoms with Gasteiger partial charge in [-0.2, -0.15) is 11.8 Å². The van der Waals surface area contributed by atoms with Gasteiger partial charge in [0.2, 0.25) is 5.95 Å². The Kier molecular flexibility index (Phi) is 3.61. The molecule has 0 saturated carbocycles. The van der Waals surface area contributed by atoms with E-state index in [1.807, 2.05) is 0 Å². The molecular formula is C16H21N3OS. The second-order valence-corrected chi connectivity index (χ2v) is 8.06. The van der Waals surface area contributed by atoms with Gasteiger partial charge < -0.3 is 4.90 Å². The molecule has 4 heterocycles. The van der Waals surface area contributed by atoms with E-state index in [-0.39, 0.29) is 11.7 Å². The molecule has 4 nitrogen and oxygen atoms in total. The van der Waals surface area contributed by atoms with Crippen molar-refractivity contribution < 1.29 is 4.79 Å². The van der Waals surface area contributed by atoms with Crippen LogP contribution in [-0.2, 0) is 0 Å². The molecule has 3 aliphatic heterocycles. The van der Waals surface area contributed by atoms with Gasteiger partial charge in [0.15, 0.2) is 5.78 Å². The van der Waals surface area contributed by atoms with Crippen LogP contribution in [0, 0.1) is 5.92 Å².